The lowest BCUT2D eigenvalue weighted by atomic mass is 9.95. The number of rotatable bonds is 5. The number of benzene rings is 2. The average Bonchev–Trinajstić information content (AvgIpc) is 2.73. The third-order valence-electron chi connectivity index (χ3n) is 5.15. The molecule has 0 radical (unpaired) electrons. The van der Waals surface area contributed by atoms with E-state index in [0.717, 1.165) is 28.7 Å². The largest absolute Gasteiger partial charge is 0.461 e. The van der Waals surface area contributed by atoms with E-state index < -0.39 is 5.60 Å². The predicted octanol–water partition coefficient (Wildman–Crippen LogP) is 5.31. The Balaban J connectivity index is 1.57. The van der Waals surface area contributed by atoms with Crippen molar-refractivity contribution in [1.82, 2.24) is 4.90 Å². The average molecular weight is 422 g/mol. The minimum atomic E-state index is -0.490. The molecule has 164 valence electrons. The molecule has 2 aromatic carbocycles. The van der Waals surface area contributed by atoms with E-state index in [2.05, 4.69) is 12.1 Å². The molecule has 0 saturated heterocycles. The molecule has 0 aromatic heterocycles. The zero-order valence-corrected chi connectivity index (χ0v) is 18.8. The van der Waals surface area contributed by atoms with Crippen molar-refractivity contribution in [2.75, 3.05) is 13.1 Å². The Morgan fingerprint density at radius 1 is 1.06 bits per heavy atom. The Morgan fingerprint density at radius 3 is 2.42 bits per heavy atom. The first kappa shape index (κ1) is 22.6. The van der Waals surface area contributed by atoms with Crippen molar-refractivity contribution in [3.8, 4) is 0 Å². The minimum Gasteiger partial charge on any atom is -0.461 e. The molecule has 31 heavy (non-hydrogen) atoms. The lowest BCUT2D eigenvalue weighted by Gasteiger charge is -2.29. The molecule has 1 aliphatic rings. The Labute approximate surface area is 184 Å². The van der Waals surface area contributed by atoms with Gasteiger partial charge in [0.15, 0.2) is 0 Å². The quantitative estimate of drug-likeness (QED) is 0.615. The van der Waals surface area contributed by atoms with Gasteiger partial charge in [-0.1, -0.05) is 54.6 Å². The number of hydrogen-bond donors (Lipinski definition) is 0. The summed E-state index contributed by atoms with van der Waals surface area (Å²) in [5.41, 5.74) is 4.85. The maximum atomic E-state index is 12.2. The van der Waals surface area contributed by atoms with Crippen molar-refractivity contribution in [3.05, 3.63) is 76.9 Å². The molecule has 0 atom stereocenters. The fraction of sp³-hybridized carbons (Fsp3) is 0.385. The summed E-state index contributed by atoms with van der Waals surface area (Å²) in [7, 11) is 0. The molecule has 0 fully saturated rings. The van der Waals surface area contributed by atoms with Gasteiger partial charge in [-0.3, -0.25) is 4.79 Å². The smallest absolute Gasteiger partial charge is 0.410 e. The van der Waals surface area contributed by atoms with Crippen molar-refractivity contribution in [2.45, 2.75) is 52.7 Å². The number of nitrogens with zero attached hydrogens (tertiary/aromatic N) is 1. The zero-order chi connectivity index (χ0) is 22.4. The monoisotopic (exact) mass is 421 g/mol. The molecule has 0 aliphatic carbocycles. The molecule has 1 heterocycles. The lowest BCUT2D eigenvalue weighted by Crippen LogP contribution is -2.39. The zero-order valence-electron chi connectivity index (χ0n) is 18.8. The van der Waals surface area contributed by atoms with Crippen LogP contribution < -0.4 is 0 Å². The van der Waals surface area contributed by atoms with Crippen LogP contribution in [-0.4, -0.2) is 35.7 Å². The number of ether oxygens (including phenoxy) is 2. The topological polar surface area (TPSA) is 55.8 Å². The van der Waals surface area contributed by atoms with Crippen LogP contribution in [0.15, 0.2) is 54.6 Å². The van der Waals surface area contributed by atoms with Gasteiger partial charge in [0.05, 0.1) is 6.42 Å². The van der Waals surface area contributed by atoms with Crippen LogP contribution in [0.3, 0.4) is 0 Å². The van der Waals surface area contributed by atoms with Gasteiger partial charge >= 0.3 is 12.1 Å². The first-order valence-electron chi connectivity index (χ1n) is 10.7. The van der Waals surface area contributed by atoms with Crippen molar-refractivity contribution in [3.63, 3.8) is 0 Å². The van der Waals surface area contributed by atoms with Crippen LogP contribution in [0.5, 0.6) is 0 Å². The highest BCUT2D eigenvalue weighted by Gasteiger charge is 2.24. The van der Waals surface area contributed by atoms with E-state index in [0.29, 0.717) is 13.1 Å². The summed E-state index contributed by atoms with van der Waals surface area (Å²) in [6, 6.07) is 15.8. The fourth-order valence-electron chi connectivity index (χ4n) is 3.46. The molecule has 0 N–H and O–H groups in total. The molecule has 5 heteroatoms. The Morgan fingerprint density at radius 2 is 1.81 bits per heavy atom. The van der Waals surface area contributed by atoms with Crippen molar-refractivity contribution in [2.24, 2.45) is 0 Å². The molecule has 1 amide bonds. The summed E-state index contributed by atoms with van der Waals surface area (Å²) in [5, 5.41) is 0. The van der Waals surface area contributed by atoms with Gasteiger partial charge in [0.1, 0.15) is 12.2 Å². The summed E-state index contributed by atoms with van der Waals surface area (Å²) in [6.45, 7) is 9.09. The summed E-state index contributed by atoms with van der Waals surface area (Å²) in [5.74, 6) is -0.232. The molecular formula is C26H31NO4. The van der Waals surface area contributed by atoms with E-state index in [1.807, 2.05) is 70.2 Å². The van der Waals surface area contributed by atoms with Crippen LogP contribution in [0.1, 0.15) is 49.4 Å². The number of carbonyl (C=O) groups is 2. The van der Waals surface area contributed by atoms with Crippen LogP contribution in [0, 0.1) is 6.92 Å². The van der Waals surface area contributed by atoms with E-state index >= 15 is 0 Å². The molecule has 0 spiro atoms. The molecule has 0 saturated carbocycles. The first-order chi connectivity index (χ1) is 14.7. The number of aryl methyl sites for hydroxylation is 1. The molecule has 3 rings (SSSR count). The van der Waals surface area contributed by atoms with Crippen molar-refractivity contribution in [1.29, 1.82) is 0 Å². The van der Waals surface area contributed by atoms with Gasteiger partial charge in [-0.25, -0.2) is 4.79 Å². The number of hydrogen-bond acceptors (Lipinski definition) is 4. The van der Waals surface area contributed by atoms with Gasteiger partial charge in [0.25, 0.3) is 0 Å². The number of amides is 1. The van der Waals surface area contributed by atoms with E-state index in [9.17, 15) is 9.59 Å². The Bertz CT molecular complexity index is 957. The molecule has 5 nitrogen and oxygen atoms in total. The van der Waals surface area contributed by atoms with Crippen LogP contribution in [0.4, 0.5) is 4.79 Å². The van der Waals surface area contributed by atoms with Gasteiger partial charge in [-0.05, 0) is 61.9 Å². The van der Waals surface area contributed by atoms with E-state index in [1.54, 1.807) is 4.90 Å². The lowest BCUT2D eigenvalue weighted by molar-refractivity contribution is -0.144. The third kappa shape index (κ3) is 6.71. The van der Waals surface area contributed by atoms with Crippen LogP contribution in [0.25, 0.3) is 5.57 Å². The van der Waals surface area contributed by atoms with Gasteiger partial charge < -0.3 is 14.4 Å². The maximum Gasteiger partial charge on any atom is 0.410 e. The van der Waals surface area contributed by atoms with Gasteiger partial charge in [0, 0.05) is 13.1 Å². The first-order valence-corrected chi connectivity index (χ1v) is 10.7. The van der Waals surface area contributed by atoms with Crippen molar-refractivity contribution < 1.29 is 19.1 Å². The summed E-state index contributed by atoms with van der Waals surface area (Å²) in [6.07, 6.45) is 2.83. The second kappa shape index (κ2) is 9.82. The summed E-state index contributed by atoms with van der Waals surface area (Å²) in [4.78, 5) is 26.2. The minimum absolute atomic E-state index is 0.232. The summed E-state index contributed by atoms with van der Waals surface area (Å²) >= 11 is 0. The van der Waals surface area contributed by atoms with Gasteiger partial charge in [-0.15, -0.1) is 0 Å². The normalized spacial score (nSPS) is 14.1. The van der Waals surface area contributed by atoms with Crippen LogP contribution in [0.2, 0.25) is 0 Å². The highest BCUT2D eigenvalue weighted by Crippen LogP contribution is 2.25. The second-order valence-electron chi connectivity index (χ2n) is 8.87. The third-order valence-corrected chi connectivity index (χ3v) is 5.15. The highest BCUT2D eigenvalue weighted by atomic mass is 16.6. The predicted molar refractivity (Wildman–Crippen MR) is 122 cm³/mol. The van der Waals surface area contributed by atoms with E-state index in [1.165, 1.54) is 5.57 Å². The van der Waals surface area contributed by atoms with Gasteiger partial charge in [0.2, 0.25) is 0 Å². The van der Waals surface area contributed by atoms with Crippen LogP contribution >= 0.6 is 0 Å². The Kier molecular flexibility index (Phi) is 7.16. The molecule has 0 unspecified atom stereocenters. The number of carbonyl (C=O) groups excluding carboxylic acids is 2. The van der Waals surface area contributed by atoms with Gasteiger partial charge in [-0.2, -0.15) is 0 Å². The SMILES string of the molecule is Cc1cc(C2=CCN(C(=O)OC(C)(C)C)CC2)ccc1CC(=O)OCc1ccccc1. The van der Waals surface area contributed by atoms with Crippen molar-refractivity contribution >= 4 is 17.6 Å². The fourth-order valence-corrected chi connectivity index (χ4v) is 3.46. The Hall–Kier alpha value is -3.08. The van der Waals surface area contributed by atoms with E-state index in [-0.39, 0.29) is 25.1 Å². The summed E-state index contributed by atoms with van der Waals surface area (Å²) < 4.78 is 10.9. The number of esters is 1. The maximum absolute atomic E-state index is 12.2. The molecule has 1 aliphatic heterocycles. The molecule has 0 bridgehead atoms. The molecular weight excluding hydrogens is 390 g/mol. The standard InChI is InChI=1S/C26H31NO4/c1-19-16-23(21-12-14-27(15-13-21)25(29)31-26(2,3)4)11-10-22(19)17-24(28)30-18-20-8-6-5-7-9-20/h5-12,16H,13-15,17-18H2,1-4H3. The van der Waals surface area contributed by atoms with E-state index in [4.69, 9.17) is 9.47 Å². The highest BCUT2D eigenvalue weighted by molar-refractivity contribution is 5.75. The second-order valence-corrected chi connectivity index (χ2v) is 8.87. The molecule has 2 aromatic rings. The van der Waals surface area contributed by atoms with Crippen LogP contribution in [-0.2, 0) is 27.3 Å².